The molecule has 0 amide bonds. The topological polar surface area (TPSA) is 238 Å². The number of phosphoric acid groups is 3. The van der Waals surface area contributed by atoms with Crippen LogP contribution >= 0.6 is 23.5 Å². The van der Waals surface area contributed by atoms with Gasteiger partial charge in [-0.2, -0.15) is 8.62 Å². The van der Waals surface area contributed by atoms with Crippen LogP contribution in [-0.4, -0.2) is 66.6 Å². The van der Waals surface area contributed by atoms with Crippen LogP contribution in [0.25, 0.3) is 21.9 Å². The van der Waals surface area contributed by atoms with Crippen LogP contribution in [-0.2, 0) is 31.6 Å². The predicted octanol–water partition coefficient (Wildman–Crippen LogP) is 2.46. The summed E-state index contributed by atoms with van der Waals surface area (Å²) in [4.78, 5) is 58.4. The van der Waals surface area contributed by atoms with Gasteiger partial charge in [-0.05, 0) is 38.1 Å². The SMILES string of the molecule is CCN(CC)c1ccc2cc3cc([C@H]4C[C@H](O)[C@@H](COP(=O)(O)OP(=O)(O)OP(=O)(O)O)O4)c(=O)[nH]c3nc2c1. The van der Waals surface area contributed by atoms with Gasteiger partial charge in [-0.25, -0.2) is 18.7 Å². The molecule has 1 aliphatic heterocycles. The summed E-state index contributed by atoms with van der Waals surface area (Å²) in [6.45, 7) is 4.91. The van der Waals surface area contributed by atoms with Crippen LogP contribution in [0.4, 0.5) is 5.69 Å². The Bertz CT molecular complexity index is 1610. The molecule has 0 radical (unpaired) electrons. The number of phosphoric ester groups is 1. The van der Waals surface area contributed by atoms with Crippen molar-refractivity contribution in [3.8, 4) is 0 Å². The van der Waals surface area contributed by atoms with Gasteiger partial charge in [0.05, 0.1) is 24.3 Å². The molecule has 19 heteroatoms. The number of rotatable bonds is 11. The minimum atomic E-state index is -5.69. The lowest BCUT2D eigenvalue weighted by atomic mass is 10.0. The van der Waals surface area contributed by atoms with Crippen molar-refractivity contribution < 1.29 is 56.3 Å². The molecular weight excluding hydrogens is 595 g/mol. The number of fused-ring (bicyclic) bond motifs is 2. The molecule has 2 aromatic heterocycles. The van der Waals surface area contributed by atoms with Crippen LogP contribution in [0, 0.1) is 0 Å². The fourth-order valence-electron chi connectivity index (χ4n) is 4.37. The molecule has 1 saturated heterocycles. The minimum Gasteiger partial charge on any atom is -0.390 e. The molecule has 3 heterocycles. The van der Waals surface area contributed by atoms with Gasteiger partial charge in [-0.1, -0.05) is 6.07 Å². The first-order valence-electron chi connectivity index (χ1n) is 11.9. The van der Waals surface area contributed by atoms with E-state index in [-0.39, 0.29) is 12.0 Å². The van der Waals surface area contributed by atoms with Gasteiger partial charge in [-0.15, -0.1) is 0 Å². The Morgan fingerprint density at radius 3 is 2.38 bits per heavy atom. The minimum absolute atomic E-state index is 0.0900. The van der Waals surface area contributed by atoms with Crippen molar-refractivity contribution in [2.24, 2.45) is 0 Å². The number of hydrogen-bond donors (Lipinski definition) is 6. The van der Waals surface area contributed by atoms with E-state index in [1.165, 1.54) is 0 Å². The molecule has 16 nitrogen and oxygen atoms in total. The van der Waals surface area contributed by atoms with Crippen LogP contribution in [0.15, 0.2) is 35.1 Å². The molecule has 1 aliphatic rings. The molecule has 2 unspecified atom stereocenters. The molecule has 0 aliphatic carbocycles. The first-order valence-corrected chi connectivity index (χ1v) is 16.5. The van der Waals surface area contributed by atoms with Gasteiger partial charge in [0, 0.05) is 41.5 Å². The zero-order valence-electron chi connectivity index (χ0n) is 21.2. The molecular formula is C21H28N3O13P3. The molecule has 0 saturated carbocycles. The molecule has 220 valence electrons. The maximum absolute atomic E-state index is 12.9. The summed E-state index contributed by atoms with van der Waals surface area (Å²) in [7, 11) is -16.6. The molecule has 1 aromatic carbocycles. The highest BCUT2D eigenvalue weighted by molar-refractivity contribution is 7.66. The smallest absolute Gasteiger partial charge is 0.390 e. The molecule has 4 rings (SSSR count). The number of pyridine rings is 2. The second kappa shape index (κ2) is 11.7. The predicted molar refractivity (Wildman–Crippen MR) is 141 cm³/mol. The lowest BCUT2D eigenvalue weighted by Crippen LogP contribution is -2.26. The lowest BCUT2D eigenvalue weighted by molar-refractivity contribution is -0.0223. The molecule has 0 bridgehead atoms. The van der Waals surface area contributed by atoms with Crippen molar-refractivity contribution in [1.82, 2.24) is 9.97 Å². The average Bonchev–Trinajstić information content (AvgIpc) is 3.20. The summed E-state index contributed by atoms with van der Waals surface area (Å²) in [6.07, 6.45) is -3.58. The van der Waals surface area contributed by atoms with Gasteiger partial charge in [0.2, 0.25) is 0 Å². The third-order valence-corrected chi connectivity index (χ3v) is 9.96. The maximum atomic E-state index is 12.9. The van der Waals surface area contributed by atoms with E-state index in [1.54, 1.807) is 6.07 Å². The number of nitrogens with one attached hydrogen (secondary N) is 1. The Hall–Kier alpha value is -2.03. The molecule has 5 atom stereocenters. The zero-order valence-corrected chi connectivity index (χ0v) is 23.9. The molecule has 3 aromatic rings. The first-order chi connectivity index (χ1) is 18.6. The van der Waals surface area contributed by atoms with Gasteiger partial charge in [-0.3, -0.25) is 9.32 Å². The van der Waals surface area contributed by atoms with E-state index in [2.05, 4.69) is 28.0 Å². The monoisotopic (exact) mass is 623 g/mol. The molecule has 40 heavy (non-hydrogen) atoms. The van der Waals surface area contributed by atoms with Crippen molar-refractivity contribution in [3.63, 3.8) is 0 Å². The summed E-state index contributed by atoms with van der Waals surface area (Å²) in [5.74, 6) is 0. The molecule has 0 spiro atoms. The van der Waals surface area contributed by atoms with Crippen LogP contribution in [0.3, 0.4) is 0 Å². The Morgan fingerprint density at radius 1 is 1.02 bits per heavy atom. The Morgan fingerprint density at radius 2 is 1.73 bits per heavy atom. The first kappa shape index (κ1) is 30.9. The van der Waals surface area contributed by atoms with Crippen LogP contribution in [0.2, 0.25) is 0 Å². The third kappa shape index (κ3) is 7.42. The fraction of sp³-hybridized carbons (Fsp3) is 0.429. The summed E-state index contributed by atoms with van der Waals surface area (Å²) < 4.78 is 51.7. The number of hydrogen-bond acceptors (Lipinski definition) is 11. The molecule has 1 fully saturated rings. The normalized spacial score (nSPS) is 22.8. The van der Waals surface area contributed by atoms with Gasteiger partial charge in [0.25, 0.3) is 5.56 Å². The van der Waals surface area contributed by atoms with E-state index in [1.807, 2.05) is 38.1 Å². The Balaban J connectivity index is 1.50. The summed E-state index contributed by atoms with van der Waals surface area (Å²) >= 11 is 0. The van der Waals surface area contributed by atoms with Gasteiger partial charge in [0.15, 0.2) is 0 Å². The van der Waals surface area contributed by atoms with E-state index in [0.29, 0.717) is 16.6 Å². The van der Waals surface area contributed by atoms with E-state index in [0.717, 1.165) is 24.2 Å². The molecule has 6 N–H and O–H groups in total. The van der Waals surface area contributed by atoms with Gasteiger partial charge >= 0.3 is 23.5 Å². The summed E-state index contributed by atoms with van der Waals surface area (Å²) in [6, 6.07) is 9.26. The standard InChI is InChI=1S/C21H28N3O13P3/c1-3-24(4-2)14-6-5-12-7-13-8-15(21(26)23-20(13)22-16(12)9-14)18-10-17(25)19(35-18)11-34-39(30,31)37-40(32,33)36-38(27,28)29/h5-9,17-19,25H,3-4,10-11H2,1-2H3,(H,30,31)(H,32,33)(H,22,23,26)(H2,27,28,29)/t17-,18+,19+/m0/s1. The summed E-state index contributed by atoms with van der Waals surface area (Å²) in [5.41, 5.74) is 1.68. The quantitative estimate of drug-likeness (QED) is 0.133. The number of benzene rings is 1. The van der Waals surface area contributed by atoms with Crippen molar-refractivity contribution in [1.29, 1.82) is 0 Å². The highest BCUT2D eigenvalue weighted by Crippen LogP contribution is 2.66. The largest absolute Gasteiger partial charge is 0.490 e. The second-order valence-corrected chi connectivity index (χ2v) is 13.3. The highest BCUT2D eigenvalue weighted by atomic mass is 31.3. The average molecular weight is 623 g/mol. The van der Waals surface area contributed by atoms with E-state index < -0.39 is 53.9 Å². The number of aliphatic hydroxyl groups is 1. The Kier molecular flexibility index (Phi) is 9.03. The maximum Gasteiger partial charge on any atom is 0.490 e. The number of aromatic nitrogens is 2. The second-order valence-electron chi connectivity index (χ2n) is 8.88. The van der Waals surface area contributed by atoms with Crippen molar-refractivity contribution >= 4 is 51.1 Å². The van der Waals surface area contributed by atoms with Crippen LogP contribution < -0.4 is 10.5 Å². The Labute approximate surface area is 227 Å². The lowest BCUT2D eigenvalue weighted by Gasteiger charge is -2.21. The number of aliphatic hydroxyl groups excluding tert-OH is 1. The van der Waals surface area contributed by atoms with Gasteiger partial charge < -0.3 is 39.3 Å². The number of nitrogens with zero attached hydrogens (tertiary/aromatic N) is 2. The summed E-state index contributed by atoms with van der Waals surface area (Å²) in [5, 5.41) is 11.8. The number of aromatic amines is 1. The van der Waals surface area contributed by atoms with Crippen molar-refractivity contribution in [2.75, 3.05) is 24.6 Å². The third-order valence-electron chi connectivity index (χ3n) is 6.15. The highest BCUT2D eigenvalue weighted by Gasteiger charge is 2.43. The number of H-pyrrole nitrogens is 1. The number of anilines is 1. The van der Waals surface area contributed by atoms with Crippen molar-refractivity contribution in [3.05, 3.63) is 46.2 Å². The number of ether oxygens (including phenoxy) is 1. The van der Waals surface area contributed by atoms with E-state index >= 15 is 0 Å². The zero-order chi connectivity index (χ0) is 29.5. The van der Waals surface area contributed by atoms with Crippen LogP contribution in [0.1, 0.15) is 31.9 Å². The van der Waals surface area contributed by atoms with Crippen LogP contribution in [0.5, 0.6) is 0 Å². The van der Waals surface area contributed by atoms with Gasteiger partial charge in [0.1, 0.15) is 11.8 Å². The van der Waals surface area contributed by atoms with E-state index in [9.17, 15) is 33.4 Å². The van der Waals surface area contributed by atoms with E-state index in [4.69, 9.17) is 14.5 Å². The fourth-order valence-corrected chi connectivity index (χ4v) is 7.40. The van der Waals surface area contributed by atoms with Crippen molar-refractivity contribution in [2.45, 2.75) is 38.6 Å².